The van der Waals surface area contributed by atoms with Crippen molar-refractivity contribution >= 4 is 29.0 Å². The van der Waals surface area contributed by atoms with E-state index in [0.717, 1.165) is 0 Å². The summed E-state index contributed by atoms with van der Waals surface area (Å²) < 4.78 is 9.95. The standard InChI is InChI=1S/C20H20N2O7/c1-13(29-19(24)11-10-18(23)14-6-4-3-5-7-14)20(25)21-16-9-8-15(28-2)12-17(16)22(26)27/h3-9,12-13H,10-11H2,1-2H3,(H,21,25)/t13-/m0/s1. The Morgan fingerprint density at radius 2 is 1.79 bits per heavy atom. The second kappa shape index (κ2) is 9.98. The van der Waals surface area contributed by atoms with E-state index in [-0.39, 0.29) is 35.7 Å². The smallest absolute Gasteiger partial charge is 0.307 e. The molecule has 9 heteroatoms. The van der Waals surface area contributed by atoms with Crippen LogP contribution in [0.5, 0.6) is 5.75 Å². The number of nitrogens with zero attached hydrogens (tertiary/aromatic N) is 1. The summed E-state index contributed by atoms with van der Waals surface area (Å²) in [4.78, 5) is 46.7. The summed E-state index contributed by atoms with van der Waals surface area (Å²) in [6, 6.07) is 12.4. The number of carbonyl (C=O) groups is 3. The summed E-state index contributed by atoms with van der Waals surface area (Å²) in [5, 5.41) is 13.5. The van der Waals surface area contributed by atoms with E-state index in [1.165, 1.54) is 32.2 Å². The molecule has 0 unspecified atom stereocenters. The van der Waals surface area contributed by atoms with Crippen molar-refractivity contribution < 1.29 is 28.8 Å². The molecule has 152 valence electrons. The summed E-state index contributed by atoms with van der Waals surface area (Å²) in [5.41, 5.74) is 0.0746. The van der Waals surface area contributed by atoms with Crippen molar-refractivity contribution in [3.05, 3.63) is 64.2 Å². The summed E-state index contributed by atoms with van der Waals surface area (Å²) in [6.45, 7) is 1.33. The molecular formula is C20H20N2O7. The summed E-state index contributed by atoms with van der Waals surface area (Å²) >= 11 is 0. The van der Waals surface area contributed by atoms with Gasteiger partial charge in [-0.25, -0.2) is 0 Å². The minimum atomic E-state index is -1.20. The average Bonchev–Trinajstić information content (AvgIpc) is 2.72. The second-order valence-electron chi connectivity index (χ2n) is 6.05. The zero-order chi connectivity index (χ0) is 21.4. The number of amides is 1. The van der Waals surface area contributed by atoms with E-state index in [9.17, 15) is 24.5 Å². The van der Waals surface area contributed by atoms with Crippen LogP contribution in [0.3, 0.4) is 0 Å². The number of methoxy groups -OCH3 is 1. The van der Waals surface area contributed by atoms with Crippen molar-refractivity contribution in [2.45, 2.75) is 25.9 Å². The van der Waals surface area contributed by atoms with Crippen LogP contribution in [0.1, 0.15) is 30.1 Å². The number of ketones is 1. The van der Waals surface area contributed by atoms with Crippen LogP contribution < -0.4 is 10.1 Å². The van der Waals surface area contributed by atoms with Gasteiger partial charge in [0.15, 0.2) is 11.9 Å². The number of rotatable bonds is 9. The van der Waals surface area contributed by atoms with Crippen LogP contribution in [0, 0.1) is 10.1 Å². The fourth-order valence-corrected chi connectivity index (χ4v) is 2.42. The second-order valence-corrected chi connectivity index (χ2v) is 6.05. The lowest BCUT2D eigenvalue weighted by molar-refractivity contribution is -0.384. The van der Waals surface area contributed by atoms with Crippen molar-refractivity contribution in [1.82, 2.24) is 0 Å². The number of anilines is 1. The largest absolute Gasteiger partial charge is 0.496 e. The summed E-state index contributed by atoms with van der Waals surface area (Å²) in [7, 11) is 1.36. The van der Waals surface area contributed by atoms with Gasteiger partial charge in [-0.05, 0) is 19.1 Å². The molecule has 0 heterocycles. The number of nitro benzene ring substituents is 1. The molecule has 0 aliphatic heterocycles. The van der Waals surface area contributed by atoms with Gasteiger partial charge in [-0.15, -0.1) is 0 Å². The van der Waals surface area contributed by atoms with Gasteiger partial charge < -0.3 is 14.8 Å². The van der Waals surface area contributed by atoms with Gasteiger partial charge in [-0.1, -0.05) is 30.3 Å². The third-order valence-electron chi connectivity index (χ3n) is 3.99. The van der Waals surface area contributed by atoms with Crippen LogP contribution in [-0.4, -0.2) is 35.8 Å². The zero-order valence-electron chi connectivity index (χ0n) is 15.9. The quantitative estimate of drug-likeness (QED) is 0.297. The maximum Gasteiger partial charge on any atom is 0.307 e. The number of carbonyl (C=O) groups excluding carboxylic acids is 3. The molecule has 2 aromatic carbocycles. The van der Waals surface area contributed by atoms with E-state index >= 15 is 0 Å². The summed E-state index contributed by atoms with van der Waals surface area (Å²) in [5.74, 6) is -1.41. The highest BCUT2D eigenvalue weighted by molar-refractivity contribution is 5.99. The van der Waals surface area contributed by atoms with Crippen molar-refractivity contribution in [1.29, 1.82) is 0 Å². The Bertz CT molecular complexity index is 912. The lowest BCUT2D eigenvalue weighted by Crippen LogP contribution is -2.30. The van der Waals surface area contributed by atoms with Gasteiger partial charge in [0.05, 0.1) is 24.5 Å². The number of nitrogens with one attached hydrogen (secondary N) is 1. The molecule has 0 aliphatic carbocycles. The van der Waals surface area contributed by atoms with E-state index in [0.29, 0.717) is 5.56 Å². The topological polar surface area (TPSA) is 125 Å². The van der Waals surface area contributed by atoms with Crippen molar-refractivity contribution in [3.8, 4) is 5.75 Å². The minimum absolute atomic E-state index is 0.0528. The van der Waals surface area contributed by atoms with Gasteiger partial charge in [0.2, 0.25) is 0 Å². The maximum atomic E-state index is 12.2. The van der Waals surface area contributed by atoms with E-state index in [4.69, 9.17) is 9.47 Å². The van der Waals surface area contributed by atoms with Crippen molar-refractivity contribution in [2.24, 2.45) is 0 Å². The highest BCUT2D eigenvalue weighted by Crippen LogP contribution is 2.29. The first-order chi connectivity index (χ1) is 13.8. The fourth-order valence-electron chi connectivity index (χ4n) is 2.42. The summed E-state index contributed by atoms with van der Waals surface area (Å²) in [6.07, 6.45) is -1.44. The molecule has 0 fully saturated rings. The molecule has 0 radical (unpaired) electrons. The third kappa shape index (κ3) is 6.13. The number of ether oxygens (including phenoxy) is 2. The maximum absolute atomic E-state index is 12.2. The van der Waals surface area contributed by atoms with Gasteiger partial charge in [-0.2, -0.15) is 0 Å². The first kappa shape index (κ1) is 21.5. The molecule has 0 aliphatic rings. The van der Waals surface area contributed by atoms with Crippen molar-refractivity contribution in [3.63, 3.8) is 0 Å². The monoisotopic (exact) mass is 400 g/mol. The fraction of sp³-hybridized carbons (Fsp3) is 0.250. The van der Waals surface area contributed by atoms with E-state index in [1.807, 2.05) is 0 Å². The molecule has 0 saturated carbocycles. The Morgan fingerprint density at radius 3 is 2.41 bits per heavy atom. The number of esters is 1. The number of nitro groups is 1. The minimum Gasteiger partial charge on any atom is -0.496 e. The number of hydrogen-bond acceptors (Lipinski definition) is 7. The highest BCUT2D eigenvalue weighted by atomic mass is 16.6. The lowest BCUT2D eigenvalue weighted by atomic mass is 10.1. The zero-order valence-corrected chi connectivity index (χ0v) is 15.9. The molecule has 1 atom stereocenters. The predicted octanol–water partition coefficient (Wildman–Crippen LogP) is 3.14. The normalized spacial score (nSPS) is 11.2. The Labute approximate surface area is 166 Å². The van der Waals surface area contributed by atoms with Gasteiger partial charge >= 0.3 is 5.97 Å². The molecule has 29 heavy (non-hydrogen) atoms. The SMILES string of the molecule is COc1ccc(NC(=O)[C@H](C)OC(=O)CCC(=O)c2ccccc2)c([N+](=O)[O-])c1. The molecule has 1 amide bonds. The molecule has 0 bridgehead atoms. The van der Waals surface area contributed by atoms with Gasteiger partial charge in [-0.3, -0.25) is 24.5 Å². The van der Waals surface area contributed by atoms with Gasteiger partial charge in [0.1, 0.15) is 11.4 Å². The number of benzene rings is 2. The highest BCUT2D eigenvalue weighted by Gasteiger charge is 2.23. The van der Waals surface area contributed by atoms with E-state index in [1.54, 1.807) is 30.3 Å². The van der Waals surface area contributed by atoms with Crippen LogP contribution in [0.25, 0.3) is 0 Å². The predicted molar refractivity (Wildman–Crippen MR) is 104 cm³/mol. The first-order valence-electron chi connectivity index (χ1n) is 8.73. The Balaban J connectivity index is 1.91. The molecule has 9 nitrogen and oxygen atoms in total. The van der Waals surface area contributed by atoms with E-state index < -0.39 is 22.9 Å². The van der Waals surface area contributed by atoms with Gasteiger partial charge in [0.25, 0.3) is 11.6 Å². The average molecular weight is 400 g/mol. The van der Waals surface area contributed by atoms with Crippen LogP contribution in [-0.2, 0) is 14.3 Å². The molecular weight excluding hydrogens is 380 g/mol. The lowest BCUT2D eigenvalue weighted by Gasteiger charge is -2.14. The third-order valence-corrected chi connectivity index (χ3v) is 3.99. The number of Topliss-reactive ketones (excluding diaryl/α,β-unsaturated/α-hetero) is 1. The molecule has 2 rings (SSSR count). The molecule has 1 N–H and O–H groups in total. The van der Waals surface area contributed by atoms with Crippen LogP contribution in [0.2, 0.25) is 0 Å². The van der Waals surface area contributed by atoms with Crippen LogP contribution in [0.4, 0.5) is 11.4 Å². The Hall–Kier alpha value is -3.75. The van der Waals surface area contributed by atoms with Crippen LogP contribution in [0.15, 0.2) is 48.5 Å². The van der Waals surface area contributed by atoms with Crippen molar-refractivity contribution in [2.75, 3.05) is 12.4 Å². The number of hydrogen-bond donors (Lipinski definition) is 1. The molecule has 0 spiro atoms. The molecule has 0 aromatic heterocycles. The molecule has 0 saturated heterocycles. The van der Waals surface area contributed by atoms with Crippen LogP contribution >= 0.6 is 0 Å². The Morgan fingerprint density at radius 1 is 1.10 bits per heavy atom. The van der Waals surface area contributed by atoms with Gasteiger partial charge in [0, 0.05) is 12.0 Å². The van der Waals surface area contributed by atoms with E-state index in [2.05, 4.69) is 5.32 Å². The molecule has 2 aromatic rings. The first-order valence-corrected chi connectivity index (χ1v) is 8.73. The Kier molecular flexibility index (Phi) is 7.41.